The van der Waals surface area contributed by atoms with E-state index < -0.39 is 5.60 Å². The lowest BCUT2D eigenvalue weighted by Gasteiger charge is -2.28. The normalized spacial score (nSPS) is 19.2. The molecule has 0 aliphatic heterocycles. The number of rotatable bonds is 3. The molecule has 1 aromatic rings. The summed E-state index contributed by atoms with van der Waals surface area (Å²) in [6.07, 6.45) is 6.57. The summed E-state index contributed by atoms with van der Waals surface area (Å²) in [5, 5.41) is 13.9. The Morgan fingerprint density at radius 2 is 1.89 bits per heavy atom. The van der Waals surface area contributed by atoms with Gasteiger partial charge in [0.2, 0.25) is 0 Å². The molecule has 0 atom stereocenters. The van der Waals surface area contributed by atoms with Crippen LogP contribution in [0.5, 0.6) is 0 Å². The third kappa shape index (κ3) is 3.16. The van der Waals surface area contributed by atoms with Crippen molar-refractivity contribution in [2.45, 2.75) is 51.0 Å². The van der Waals surface area contributed by atoms with E-state index in [1.165, 1.54) is 12.8 Å². The van der Waals surface area contributed by atoms with Gasteiger partial charge in [-0.05, 0) is 37.5 Å². The Bertz CT molecular complexity index is 395. The van der Waals surface area contributed by atoms with Crippen LogP contribution in [-0.2, 0) is 0 Å². The number of nitrogen functional groups attached to an aromatic ring is 1. The third-order valence-electron chi connectivity index (χ3n) is 4.02. The molecular weight excluding hydrogens is 224 g/mol. The second-order valence-electron chi connectivity index (χ2n) is 5.51. The van der Waals surface area contributed by atoms with Crippen LogP contribution < -0.4 is 11.1 Å². The van der Waals surface area contributed by atoms with E-state index in [4.69, 9.17) is 5.73 Å². The van der Waals surface area contributed by atoms with Crippen LogP contribution in [0.4, 0.5) is 11.4 Å². The minimum atomic E-state index is -0.548. The number of nitrogens with one attached hydrogen (secondary N) is 1. The Labute approximate surface area is 109 Å². The first-order valence-corrected chi connectivity index (χ1v) is 6.92. The molecule has 0 saturated heterocycles. The van der Waals surface area contributed by atoms with Crippen LogP contribution in [0.15, 0.2) is 18.2 Å². The molecule has 3 nitrogen and oxygen atoms in total. The molecule has 0 spiro atoms. The lowest BCUT2D eigenvalue weighted by atomic mass is 9.94. The number of nitrogens with two attached hydrogens (primary N) is 1. The number of benzene rings is 1. The first-order chi connectivity index (χ1) is 8.61. The fraction of sp³-hybridized carbons (Fsp3) is 0.600. The highest BCUT2D eigenvalue weighted by molar-refractivity contribution is 5.62. The minimum Gasteiger partial charge on any atom is -0.398 e. The summed E-state index contributed by atoms with van der Waals surface area (Å²) >= 11 is 0. The van der Waals surface area contributed by atoms with Gasteiger partial charge in [0.1, 0.15) is 0 Å². The fourth-order valence-corrected chi connectivity index (χ4v) is 2.67. The molecular formula is C15H24N2O. The molecule has 1 aliphatic rings. The monoisotopic (exact) mass is 248 g/mol. The summed E-state index contributed by atoms with van der Waals surface area (Å²) < 4.78 is 0. The van der Waals surface area contributed by atoms with Crippen molar-refractivity contribution >= 4 is 11.4 Å². The van der Waals surface area contributed by atoms with Crippen molar-refractivity contribution in [3.8, 4) is 0 Å². The van der Waals surface area contributed by atoms with Crippen LogP contribution in [0.2, 0.25) is 0 Å². The Morgan fingerprint density at radius 1 is 1.22 bits per heavy atom. The van der Waals surface area contributed by atoms with Crippen LogP contribution in [0.1, 0.15) is 44.1 Å². The van der Waals surface area contributed by atoms with Crippen molar-refractivity contribution in [2.24, 2.45) is 0 Å². The molecule has 1 fully saturated rings. The smallest absolute Gasteiger partial charge is 0.0819 e. The van der Waals surface area contributed by atoms with Crippen LogP contribution in [0, 0.1) is 6.92 Å². The van der Waals surface area contributed by atoms with Gasteiger partial charge in [0.15, 0.2) is 0 Å². The van der Waals surface area contributed by atoms with Crippen molar-refractivity contribution in [3.63, 3.8) is 0 Å². The Kier molecular flexibility index (Phi) is 4.12. The first kappa shape index (κ1) is 13.2. The predicted octanol–water partition coefficient (Wildman–Crippen LogP) is 3.07. The molecule has 0 radical (unpaired) electrons. The second kappa shape index (κ2) is 5.61. The molecule has 0 amide bonds. The van der Waals surface area contributed by atoms with Gasteiger partial charge in [0.25, 0.3) is 0 Å². The zero-order valence-electron chi connectivity index (χ0n) is 11.2. The van der Waals surface area contributed by atoms with Gasteiger partial charge < -0.3 is 16.2 Å². The molecule has 3 heteroatoms. The molecule has 4 N–H and O–H groups in total. The number of anilines is 2. The van der Waals surface area contributed by atoms with Crippen molar-refractivity contribution in [1.82, 2.24) is 0 Å². The third-order valence-corrected chi connectivity index (χ3v) is 4.02. The zero-order valence-corrected chi connectivity index (χ0v) is 11.2. The second-order valence-corrected chi connectivity index (χ2v) is 5.51. The van der Waals surface area contributed by atoms with Gasteiger partial charge in [-0.3, -0.25) is 0 Å². The van der Waals surface area contributed by atoms with Gasteiger partial charge in [-0.2, -0.15) is 0 Å². The van der Waals surface area contributed by atoms with Crippen LogP contribution in [-0.4, -0.2) is 17.3 Å². The Hall–Kier alpha value is -1.22. The maximum Gasteiger partial charge on any atom is 0.0819 e. The van der Waals surface area contributed by atoms with Crippen LogP contribution in [0.25, 0.3) is 0 Å². The summed E-state index contributed by atoms with van der Waals surface area (Å²) in [6, 6.07) is 5.87. The maximum atomic E-state index is 10.6. The average Bonchev–Trinajstić information content (AvgIpc) is 2.57. The van der Waals surface area contributed by atoms with E-state index in [-0.39, 0.29) is 0 Å². The van der Waals surface area contributed by atoms with Gasteiger partial charge in [0.05, 0.1) is 5.60 Å². The molecule has 18 heavy (non-hydrogen) atoms. The van der Waals surface area contributed by atoms with Crippen molar-refractivity contribution in [2.75, 3.05) is 17.6 Å². The molecule has 2 rings (SSSR count). The van der Waals surface area contributed by atoms with Gasteiger partial charge in [-0.1, -0.05) is 31.7 Å². The summed E-state index contributed by atoms with van der Waals surface area (Å²) in [6.45, 7) is 2.63. The van der Waals surface area contributed by atoms with Crippen molar-refractivity contribution in [1.29, 1.82) is 0 Å². The lowest BCUT2D eigenvalue weighted by molar-refractivity contribution is 0.0381. The Morgan fingerprint density at radius 3 is 2.56 bits per heavy atom. The number of hydrogen-bond donors (Lipinski definition) is 3. The number of hydrogen-bond acceptors (Lipinski definition) is 3. The number of aliphatic hydroxyl groups is 1. The van der Waals surface area contributed by atoms with E-state index in [0.29, 0.717) is 6.54 Å². The van der Waals surface area contributed by atoms with Gasteiger partial charge in [-0.25, -0.2) is 0 Å². The molecule has 1 aliphatic carbocycles. The maximum absolute atomic E-state index is 10.6. The lowest BCUT2D eigenvalue weighted by Crippen LogP contribution is -2.36. The highest BCUT2D eigenvalue weighted by Gasteiger charge is 2.27. The van der Waals surface area contributed by atoms with E-state index in [1.54, 1.807) is 0 Å². The van der Waals surface area contributed by atoms with Gasteiger partial charge in [0, 0.05) is 17.9 Å². The molecule has 0 bridgehead atoms. The van der Waals surface area contributed by atoms with Crippen LogP contribution >= 0.6 is 0 Å². The van der Waals surface area contributed by atoms with Crippen molar-refractivity contribution in [3.05, 3.63) is 23.8 Å². The largest absolute Gasteiger partial charge is 0.398 e. The summed E-state index contributed by atoms with van der Waals surface area (Å²) in [7, 11) is 0. The van der Waals surface area contributed by atoms with E-state index in [0.717, 1.165) is 42.6 Å². The standard InChI is InChI=1S/C15H24N2O/c1-12-13(16)7-6-8-14(12)17-11-15(18)9-4-2-3-5-10-15/h6-8,17-18H,2-5,9-11,16H2,1H3. The Balaban J connectivity index is 1.99. The molecule has 0 aromatic heterocycles. The van der Waals surface area contributed by atoms with E-state index in [9.17, 15) is 5.11 Å². The highest BCUT2D eigenvalue weighted by atomic mass is 16.3. The summed E-state index contributed by atoms with van der Waals surface area (Å²) in [4.78, 5) is 0. The van der Waals surface area contributed by atoms with E-state index in [2.05, 4.69) is 5.32 Å². The van der Waals surface area contributed by atoms with Gasteiger partial charge >= 0.3 is 0 Å². The van der Waals surface area contributed by atoms with E-state index in [1.807, 2.05) is 25.1 Å². The SMILES string of the molecule is Cc1c(N)cccc1NCC1(O)CCCCCC1. The average molecular weight is 248 g/mol. The summed E-state index contributed by atoms with van der Waals surface area (Å²) in [5.41, 5.74) is 8.24. The zero-order chi connectivity index (χ0) is 13.0. The molecule has 1 saturated carbocycles. The van der Waals surface area contributed by atoms with Crippen molar-refractivity contribution < 1.29 is 5.11 Å². The van der Waals surface area contributed by atoms with Gasteiger partial charge in [-0.15, -0.1) is 0 Å². The fourth-order valence-electron chi connectivity index (χ4n) is 2.67. The highest BCUT2D eigenvalue weighted by Crippen LogP contribution is 2.28. The van der Waals surface area contributed by atoms with E-state index >= 15 is 0 Å². The molecule has 1 aromatic carbocycles. The summed E-state index contributed by atoms with van der Waals surface area (Å²) in [5.74, 6) is 0. The molecule has 0 heterocycles. The molecule has 0 unspecified atom stereocenters. The molecule has 100 valence electrons. The quantitative estimate of drug-likeness (QED) is 0.569. The van der Waals surface area contributed by atoms with Crippen LogP contribution in [0.3, 0.4) is 0 Å². The predicted molar refractivity (Wildman–Crippen MR) is 76.7 cm³/mol. The topological polar surface area (TPSA) is 58.3 Å². The first-order valence-electron chi connectivity index (χ1n) is 6.92. The minimum absolute atomic E-state index is 0.548.